The van der Waals surface area contributed by atoms with E-state index in [1.54, 1.807) is 6.08 Å². The lowest BCUT2D eigenvalue weighted by atomic mass is 9.95. The molecule has 1 aliphatic rings. The van der Waals surface area contributed by atoms with E-state index in [1.165, 1.54) is 6.42 Å². The van der Waals surface area contributed by atoms with E-state index in [0.717, 1.165) is 31.2 Å². The van der Waals surface area contributed by atoms with Gasteiger partial charge in [-0.15, -0.1) is 0 Å². The Morgan fingerprint density at radius 3 is 2.53 bits per heavy atom. The number of carbonyl (C=O) groups is 1. The van der Waals surface area contributed by atoms with Crippen molar-refractivity contribution in [2.75, 3.05) is 0 Å². The highest BCUT2D eigenvalue weighted by atomic mass is 16.1. The van der Waals surface area contributed by atoms with Gasteiger partial charge in [-0.25, -0.2) is 0 Å². The van der Waals surface area contributed by atoms with Gasteiger partial charge >= 0.3 is 0 Å². The van der Waals surface area contributed by atoms with E-state index in [9.17, 15) is 4.79 Å². The summed E-state index contributed by atoms with van der Waals surface area (Å²) in [6.45, 7) is 0. The molecule has 3 nitrogen and oxygen atoms in total. The number of rotatable bonds is 3. The maximum Gasteiger partial charge on any atom is 0.262 e. The predicted octanol–water partition coefficient (Wildman–Crippen LogP) is 3.04. The Labute approximate surface area is 113 Å². The standard InChI is InChI=1S/C16H18N2O/c17-12-14(11-13-7-3-1-4-8-13)16(19)18-15-9-5-2-6-10-15/h1,3-4,7-8,11,15H,2,5-6,9-10H2,(H,18,19). The highest BCUT2D eigenvalue weighted by molar-refractivity contribution is 6.01. The van der Waals surface area contributed by atoms with Gasteiger partial charge in [0.05, 0.1) is 0 Å². The van der Waals surface area contributed by atoms with Crippen LogP contribution in [0.25, 0.3) is 6.08 Å². The summed E-state index contributed by atoms with van der Waals surface area (Å²) >= 11 is 0. The number of hydrogen-bond acceptors (Lipinski definition) is 2. The third kappa shape index (κ3) is 3.96. The van der Waals surface area contributed by atoms with Crippen molar-refractivity contribution in [3.63, 3.8) is 0 Å². The first-order valence-corrected chi connectivity index (χ1v) is 6.77. The first-order valence-electron chi connectivity index (χ1n) is 6.77. The second-order valence-electron chi connectivity index (χ2n) is 4.89. The fourth-order valence-electron chi connectivity index (χ4n) is 2.37. The molecule has 1 saturated carbocycles. The third-order valence-corrected chi connectivity index (χ3v) is 3.42. The second-order valence-corrected chi connectivity index (χ2v) is 4.89. The number of hydrogen-bond donors (Lipinski definition) is 1. The van der Waals surface area contributed by atoms with Crippen LogP contribution >= 0.6 is 0 Å². The lowest BCUT2D eigenvalue weighted by molar-refractivity contribution is -0.117. The van der Waals surface area contributed by atoms with Crippen LogP contribution in [0.2, 0.25) is 0 Å². The molecular formula is C16H18N2O. The van der Waals surface area contributed by atoms with Gasteiger partial charge in [0.2, 0.25) is 0 Å². The predicted molar refractivity (Wildman–Crippen MR) is 75.0 cm³/mol. The maximum atomic E-state index is 12.0. The van der Waals surface area contributed by atoms with Gasteiger partial charge in [0.15, 0.2) is 0 Å². The van der Waals surface area contributed by atoms with E-state index < -0.39 is 0 Å². The van der Waals surface area contributed by atoms with Crippen molar-refractivity contribution in [1.82, 2.24) is 5.32 Å². The molecular weight excluding hydrogens is 236 g/mol. The van der Waals surface area contributed by atoms with Gasteiger partial charge in [-0.1, -0.05) is 49.6 Å². The molecule has 0 atom stereocenters. The topological polar surface area (TPSA) is 52.9 Å². The average Bonchev–Trinajstić information content (AvgIpc) is 2.47. The highest BCUT2D eigenvalue weighted by Crippen LogP contribution is 2.18. The first kappa shape index (κ1) is 13.4. The van der Waals surface area contributed by atoms with Crippen molar-refractivity contribution in [2.45, 2.75) is 38.1 Å². The highest BCUT2D eigenvalue weighted by Gasteiger charge is 2.17. The smallest absolute Gasteiger partial charge is 0.262 e. The van der Waals surface area contributed by atoms with Gasteiger partial charge in [0.1, 0.15) is 11.6 Å². The summed E-state index contributed by atoms with van der Waals surface area (Å²) in [5.74, 6) is -0.252. The molecule has 1 N–H and O–H groups in total. The van der Waals surface area contributed by atoms with Gasteiger partial charge in [-0.05, 0) is 24.5 Å². The molecule has 98 valence electrons. The Hall–Kier alpha value is -2.08. The molecule has 0 aliphatic heterocycles. The van der Waals surface area contributed by atoms with Gasteiger partial charge in [0.25, 0.3) is 5.91 Å². The van der Waals surface area contributed by atoms with E-state index in [2.05, 4.69) is 5.32 Å². The van der Waals surface area contributed by atoms with Crippen molar-refractivity contribution in [3.05, 3.63) is 41.5 Å². The molecule has 0 spiro atoms. The van der Waals surface area contributed by atoms with Gasteiger partial charge in [-0.2, -0.15) is 5.26 Å². The summed E-state index contributed by atoms with van der Waals surface area (Å²) in [5, 5.41) is 12.1. The molecule has 2 rings (SSSR count). The molecule has 0 bridgehead atoms. The molecule has 19 heavy (non-hydrogen) atoms. The maximum absolute atomic E-state index is 12.0. The first-order chi connectivity index (χ1) is 9.29. The van der Waals surface area contributed by atoms with Crippen molar-refractivity contribution in [2.24, 2.45) is 0 Å². The monoisotopic (exact) mass is 254 g/mol. The minimum absolute atomic E-state index is 0.178. The zero-order chi connectivity index (χ0) is 13.5. The largest absolute Gasteiger partial charge is 0.349 e. The molecule has 3 heteroatoms. The normalized spacial score (nSPS) is 16.7. The van der Waals surface area contributed by atoms with Crippen molar-refractivity contribution < 1.29 is 4.79 Å². The second kappa shape index (κ2) is 6.75. The fraction of sp³-hybridized carbons (Fsp3) is 0.375. The van der Waals surface area contributed by atoms with Crippen LogP contribution in [0.1, 0.15) is 37.7 Å². The molecule has 0 radical (unpaired) electrons. The van der Waals surface area contributed by atoms with E-state index >= 15 is 0 Å². The Bertz CT molecular complexity index is 493. The van der Waals surface area contributed by atoms with E-state index in [-0.39, 0.29) is 17.5 Å². The molecule has 1 aromatic rings. The van der Waals surface area contributed by atoms with Gasteiger partial charge < -0.3 is 5.32 Å². The molecule has 0 unspecified atom stereocenters. The van der Waals surface area contributed by atoms with E-state index in [0.29, 0.717) is 0 Å². The minimum atomic E-state index is -0.252. The summed E-state index contributed by atoms with van der Waals surface area (Å²) in [7, 11) is 0. The number of carbonyl (C=O) groups excluding carboxylic acids is 1. The molecule has 1 aromatic carbocycles. The Kier molecular flexibility index (Phi) is 4.74. The van der Waals surface area contributed by atoms with Crippen LogP contribution in [0.5, 0.6) is 0 Å². The van der Waals surface area contributed by atoms with Crippen LogP contribution in [-0.2, 0) is 4.79 Å². The summed E-state index contributed by atoms with van der Waals surface area (Å²) < 4.78 is 0. The van der Waals surface area contributed by atoms with Crippen LogP contribution in [0.15, 0.2) is 35.9 Å². The third-order valence-electron chi connectivity index (χ3n) is 3.42. The zero-order valence-electron chi connectivity index (χ0n) is 10.9. The van der Waals surface area contributed by atoms with Crippen LogP contribution in [0, 0.1) is 11.3 Å². The number of nitriles is 1. The number of nitrogens with one attached hydrogen (secondary N) is 1. The molecule has 1 amide bonds. The van der Waals surface area contributed by atoms with Crippen LogP contribution in [-0.4, -0.2) is 11.9 Å². The summed E-state index contributed by atoms with van der Waals surface area (Å²) in [5.41, 5.74) is 1.05. The van der Waals surface area contributed by atoms with Crippen LogP contribution in [0.4, 0.5) is 0 Å². The van der Waals surface area contributed by atoms with Crippen LogP contribution < -0.4 is 5.32 Å². The zero-order valence-corrected chi connectivity index (χ0v) is 10.9. The van der Waals surface area contributed by atoms with Crippen molar-refractivity contribution >= 4 is 12.0 Å². The summed E-state index contributed by atoms with van der Waals surface area (Å²) in [6, 6.07) is 11.7. The molecule has 0 aromatic heterocycles. The summed E-state index contributed by atoms with van der Waals surface area (Å²) in [4.78, 5) is 12.0. The SMILES string of the molecule is N#CC(=Cc1ccccc1)C(=O)NC1CCCCC1. The molecule has 1 fully saturated rings. The lowest BCUT2D eigenvalue weighted by Gasteiger charge is -2.22. The van der Waals surface area contributed by atoms with Crippen LogP contribution in [0.3, 0.4) is 0 Å². The minimum Gasteiger partial charge on any atom is -0.349 e. The van der Waals surface area contributed by atoms with E-state index in [1.807, 2.05) is 36.4 Å². The summed E-state index contributed by atoms with van der Waals surface area (Å²) in [6.07, 6.45) is 7.26. The van der Waals surface area contributed by atoms with Crippen molar-refractivity contribution in [3.8, 4) is 6.07 Å². The number of benzene rings is 1. The van der Waals surface area contributed by atoms with Crippen molar-refractivity contribution in [1.29, 1.82) is 5.26 Å². The number of nitrogens with zero attached hydrogens (tertiary/aromatic N) is 1. The number of amides is 1. The Morgan fingerprint density at radius 2 is 1.89 bits per heavy atom. The Morgan fingerprint density at radius 1 is 1.21 bits per heavy atom. The van der Waals surface area contributed by atoms with Gasteiger partial charge in [-0.3, -0.25) is 4.79 Å². The molecule has 0 saturated heterocycles. The molecule has 0 heterocycles. The Balaban J connectivity index is 2.03. The van der Waals surface area contributed by atoms with Gasteiger partial charge in [0, 0.05) is 6.04 Å². The van der Waals surface area contributed by atoms with E-state index in [4.69, 9.17) is 5.26 Å². The fourth-order valence-corrected chi connectivity index (χ4v) is 2.37. The quantitative estimate of drug-likeness (QED) is 0.665. The average molecular weight is 254 g/mol. The molecule has 1 aliphatic carbocycles. The lowest BCUT2D eigenvalue weighted by Crippen LogP contribution is -2.36.